The lowest BCUT2D eigenvalue weighted by Gasteiger charge is -2.20. The summed E-state index contributed by atoms with van der Waals surface area (Å²) in [6.07, 6.45) is 2.14. The number of ether oxygens (including phenoxy) is 1. The fourth-order valence-corrected chi connectivity index (χ4v) is 4.68. The molecule has 34 heavy (non-hydrogen) atoms. The Morgan fingerprint density at radius 2 is 1.79 bits per heavy atom. The van der Waals surface area contributed by atoms with Gasteiger partial charge in [-0.1, -0.05) is 31.7 Å². The Labute approximate surface area is 203 Å². The van der Waals surface area contributed by atoms with Crippen LogP contribution in [0.1, 0.15) is 45.4 Å². The second-order valence-electron chi connectivity index (χ2n) is 8.68. The summed E-state index contributed by atoms with van der Waals surface area (Å²) in [7, 11) is 1.61. The highest BCUT2D eigenvalue weighted by Crippen LogP contribution is 2.42. The molecule has 1 heterocycles. The predicted molar refractivity (Wildman–Crippen MR) is 134 cm³/mol. The zero-order chi connectivity index (χ0) is 24.2. The molecule has 1 aliphatic rings. The zero-order valence-corrected chi connectivity index (χ0v) is 20.6. The van der Waals surface area contributed by atoms with Gasteiger partial charge in [-0.05, 0) is 61.2 Å². The van der Waals surface area contributed by atoms with Crippen molar-refractivity contribution in [2.45, 2.75) is 49.9 Å². The molecule has 2 aromatic carbocycles. The van der Waals surface area contributed by atoms with Crippen molar-refractivity contribution in [3.63, 3.8) is 0 Å². The predicted octanol–water partition coefficient (Wildman–Crippen LogP) is 4.87. The van der Waals surface area contributed by atoms with Crippen LogP contribution in [0.25, 0.3) is 5.69 Å². The summed E-state index contributed by atoms with van der Waals surface area (Å²) in [5.74, 6) is 1.81. The van der Waals surface area contributed by atoms with Gasteiger partial charge in [-0.25, -0.2) is 0 Å². The number of benzene rings is 2. The van der Waals surface area contributed by atoms with Gasteiger partial charge in [0.25, 0.3) is 0 Å². The molecule has 0 saturated heterocycles. The summed E-state index contributed by atoms with van der Waals surface area (Å²) in [5.41, 5.74) is 2.27. The Balaban J connectivity index is 1.61. The normalized spacial score (nSPS) is 14.0. The van der Waals surface area contributed by atoms with Crippen LogP contribution in [-0.2, 0) is 9.59 Å². The van der Waals surface area contributed by atoms with Crippen LogP contribution in [-0.4, -0.2) is 38.9 Å². The van der Waals surface area contributed by atoms with Crippen LogP contribution in [0.3, 0.4) is 0 Å². The van der Waals surface area contributed by atoms with Crippen molar-refractivity contribution in [2.75, 3.05) is 17.7 Å². The molecule has 0 aliphatic heterocycles. The summed E-state index contributed by atoms with van der Waals surface area (Å²) in [5, 5.41) is 15.1. The monoisotopic (exact) mass is 479 g/mol. The fourth-order valence-electron chi connectivity index (χ4n) is 3.63. The standard InChI is InChI=1S/C25H29N5O3S/c1-15(2)22(24(32)27-18-10-12-21(33-4)13-11-18)34-25-29-28-23(17-8-9-17)30(25)20-7-5-6-19(14-20)26-16(3)31/h5-7,10-15,17,22H,8-9H2,1-4H3,(H,26,31)(H,27,32). The molecule has 1 aliphatic carbocycles. The maximum Gasteiger partial charge on any atom is 0.238 e. The third kappa shape index (κ3) is 5.59. The second-order valence-corrected chi connectivity index (χ2v) is 9.79. The van der Waals surface area contributed by atoms with Crippen molar-refractivity contribution < 1.29 is 14.3 Å². The maximum absolute atomic E-state index is 13.2. The van der Waals surface area contributed by atoms with Gasteiger partial charge in [0, 0.05) is 24.2 Å². The summed E-state index contributed by atoms with van der Waals surface area (Å²) in [4.78, 5) is 24.8. The number of hydrogen-bond donors (Lipinski definition) is 2. The van der Waals surface area contributed by atoms with Gasteiger partial charge in [0.1, 0.15) is 11.6 Å². The number of carbonyl (C=O) groups is 2. The molecule has 2 amide bonds. The molecule has 178 valence electrons. The molecule has 0 bridgehead atoms. The highest BCUT2D eigenvalue weighted by atomic mass is 32.2. The van der Waals surface area contributed by atoms with Crippen LogP contribution in [0.2, 0.25) is 0 Å². The first-order valence-corrected chi connectivity index (χ1v) is 12.2. The van der Waals surface area contributed by atoms with E-state index < -0.39 is 0 Å². The van der Waals surface area contributed by atoms with Gasteiger partial charge in [-0.3, -0.25) is 14.2 Å². The topological polar surface area (TPSA) is 98.1 Å². The first-order chi connectivity index (χ1) is 16.4. The third-order valence-electron chi connectivity index (χ3n) is 5.48. The van der Waals surface area contributed by atoms with Crippen LogP contribution in [0.5, 0.6) is 5.75 Å². The molecule has 0 radical (unpaired) electrons. The number of thioether (sulfide) groups is 1. The molecule has 1 saturated carbocycles. The average Bonchev–Trinajstić information content (AvgIpc) is 3.56. The minimum Gasteiger partial charge on any atom is -0.497 e. The van der Waals surface area contributed by atoms with Gasteiger partial charge in [0.05, 0.1) is 18.0 Å². The van der Waals surface area contributed by atoms with E-state index >= 15 is 0 Å². The number of rotatable bonds is 9. The minimum absolute atomic E-state index is 0.0588. The Morgan fingerprint density at radius 1 is 1.06 bits per heavy atom. The van der Waals surface area contributed by atoms with E-state index in [0.29, 0.717) is 22.4 Å². The number of nitrogens with one attached hydrogen (secondary N) is 2. The third-order valence-corrected chi connectivity index (χ3v) is 6.97. The van der Waals surface area contributed by atoms with Gasteiger partial charge in [0.2, 0.25) is 11.8 Å². The van der Waals surface area contributed by atoms with E-state index in [1.807, 2.05) is 66.9 Å². The second kappa shape index (κ2) is 10.3. The molecule has 1 atom stereocenters. The van der Waals surface area contributed by atoms with E-state index in [9.17, 15) is 9.59 Å². The van der Waals surface area contributed by atoms with Crippen molar-refractivity contribution in [3.05, 3.63) is 54.4 Å². The molecule has 8 nitrogen and oxygen atoms in total. The van der Waals surface area contributed by atoms with E-state index in [1.165, 1.54) is 18.7 Å². The summed E-state index contributed by atoms with van der Waals surface area (Å²) >= 11 is 1.40. The van der Waals surface area contributed by atoms with Crippen LogP contribution in [0.4, 0.5) is 11.4 Å². The molecular weight excluding hydrogens is 450 g/mol. The lowest BCUT2D eigenvalue weighted by Crippen LogP contribution is -2.30. The quantitative estimate of drug-likeness (QED) is 0.425. The van der Waals surface area contributed by atoms with Crippen LogP contribution >= 0.6 is 11.8 Å². The molecule has 1 aromatic heterocycles. The van der Waals surface area contributed by atoms with Crippen LogP contribution in [0.15, 0.2) is 53.7 Å². The van der Waals surface area contributed by atoms with E-state index in [4.69, 9.17) is 4.74 Å². The molecule has 0 spiro atoms. The van der Waals surface area contributed by atoms with E-state index in [2.05, 4.69) is 20.8 Å². The van der Waals surface area contributed by atoms with Crippen LogP contribution in [0, 0.1) is 5.92 Å². The van der Waals surface area contributed by atoms with Crippen molar-refractivity contribution in [1.29, 1.82) is 0 Å². The van der Waals surface area contributed by atoms with Crippen molar-refractivity contribution >= 4 is 35.0 Å². The Kier molecular flexibility index (Phi) is 7.21. The number of nitrogens with zero attached hydrogens (tertiary/aromatic N) is 3. The smallest absolute Gasteiger partial charge is 0.238 e. The number of hydrogen-bond acceptors (Lipinski definition) is 6. The summed E-state index contributed by atoms with van der Waals surface area (Å²) in [6, 6.07) is 14.9. The lowest BCUT2D eigenvalue weighted by atomic mass is 10.1. The Morgan fingerprint density at radius 3 is 2.41 bits per heavy atom. The highest BCUT2D eigenvalue weighted by molar-refractivity contribution is 8.00. The van der Waals surface area contributed by atoms with E-state index in [1.54, 1.807) is 7.11 Å². The number of anilines is 2. The van der Waals surface area contributed by atoms with Gasteiger partial charge >= 0.3 is 0 Å². The van der Waals surface area contributed by atoms with Crippen molar-refractivity contribution in [1.82, 2.24) is 14.8 Å². The first kappa shape index (κ1) is 23.8. The number of amides is 2. The number of carbonyl (C=O) groups excluding carboxylic acids is 2. The SMILES string of the molecule is COc1ccc(NC(=O)C(Sc2nnc(C3CC3)n2-c2cccc(NC(C)=O)c2)C(C)C)cc1. The van der Waals surface area contributed by atoms with Crippen molar-refractivity contribution in [3.8, 4) is 11.4 Å². The zero-order valence-electron chi connectivity index (χ0n) is 19.7. The van der Waals surface area contributed by atoms with Gasteiger partial charge in [-0.15, -0.1) is 10.2 Å². The number of aromatic nitrogens is 3. The van der Waals surface area contributed by atoms with Gasteiger partial charge in [-0.2, -0.15) is 0 Å². The maximum atomic E-state index is 13.2. The highest BCUT2D eigenvalue weighted by Gasteiger charge is 2.33. The molecule has 3 aromatic rings. The van der Waals surface area contributed by atoms with Crippen molar-refractivity contribution in [2.24, 2.45) is 5.92 Å². The lowest BCUT2D eigenvalue weighted by molar-refractivity contribution is -0.116. The van der Waals surface area contributed by atoms with E-state index in [0.717, 1.165) is 30.1 Å². The van der Waals surface area contributed by atoms with Gasteiger partial charge in [0.15, 0.2) is 5.16 Å². The summed E-state index contributed by atoms with van der Waals surface area (Å²) < 4.78 is 7.21. The molecule has 4 rings (SSSR count). The fraction of sp³-hybridized carbons (Fsp3) is 0.360. The van der Waals surface area contributed by atoms with Gasteiger partial charge < -0.3 is 15.4 Å². The first-order valence-electron chi connectivity index (χ1n) is 11.3. The molecule has 1 fully saturated rings. The molecule has 9 heteroatoms. The average molecular weight is 480 g/mol. The largest absolute Gasteiger partial charge is 0.497 e. The van der Waals surface area contributed by atoms with E-state index in [-0.39, 0.29) is 23.0 Å². The molecule has 1 unspecified atom stereocenters. The minimum atomic E-state index is -0.379. The summed E-state index contributed by atoms with van der Waals surface area (Å²) in [6.45, 7) is 5.52. The Bertz CT molecular complexity index is 1170. The molecule has 2 N–H and O–H groups in total. The molecular formula is C25H29N5O3S. The Hall–Kier alpha value is -3.33. The van der Waals surface area contributed by atoms with Crippen LogP contribution < -0.4 is 15.4 Å². The number of methoxy groups -OCH3 is 1.